The van der Waals surface area contributed by atoms with Gasteiger partial charge in [-0.1, -0.05) is 6.08 Å². The molecule has 0 aliphatic carbocycles. The lowest BCUT2D eigenvalue weighted by Crippen LogP contribution is -1.99. The second-order valence-corrected chi connectivity index (χ2v) is 3.11. The minimum Gasteiger partial charge on any atom is -0.199 e. The zero-order valence-corrected chi connectivity index (χ0v) is 5.91. The molecule has 0 N–H and O–H groups in total. The largest absolute Gasteiger partial charge is 0.199 e. The van der Waals surface area contributed by atoms with Gasteiger partial charge >= 0.3 is 0 Å². The molecule has 1 rings (SSSR count). The highest BCUT2D eigenvalue weighted by Gasteiger charge is 2.05. The van der Waals surface area contributed by atoms with E-state index in [-0.39, 0.29) is 0 Å². The summed E-state index contributed by atoms with van der Waals surface area (Å²) in [6.07, 6.45) is 1.86. The second-order valence-electron chi connectivity index (χ2n) is 1.20. The van der Waals surface area contributed by atoms with Crippen LogP contribution in [0, 0.1) is 0 Å². The van der Waals surface area contributed by atoms with Crippen LogP contribution in [0.25, 0.3) is 0 Å². The summed E-state index contributed by atoms with van der Waals surface area (Å²) in [5.41, 5.74) is 1.81. The molecule has 0 aromatic carbocycles. The highest BCUT2D eigenvalue weighted by Crippen LogP contribution is 2.26. The summed E-state index contributed by atoms with van der Waals surface area (Å²) in [6.45, 7) is 4.48. The molecule has 0 bridgehead atoms. The maximum absolute atomic E-state index is 3.92. The van der Waals surface area contributed by atoms with E-state index in [4.69, 9.17) is 0 Å². The Morgan fingerprint density at radius 3 is 3.25 bits per heavy atom. The van der Waals surface area contributed by atoms with Crippen molar-refractivity contribution in [2.75, 3.05) is 6.54 Å². The first-order valence-electron chi connectivity index (χ1n) is 2.17. The molecule has 1 aliphatic rings. The fourth-order valence-corrected chi connectivity index (χ4v) is 1.61. The van der Waals surface area contributed by atoms with Gasteiger partial charge in [0.25, 0.3) is 0 Å². The molecule has 0 fully saturated rings. The molecule has 44 valence electrons. The molecule has 0 amide bonds. The summed E-state index contributed by atoms with van der Waals surface area (Å²) < 4.78 is 5.95. The van der Waals surface area contributed by atoms with Gasteiger partial charge < -0.3 is 0 Å². The van der Waals surface area contributed by atoms with Gasteiger partial charge in [-0.2, -0.15) is 8.11 Å². The molecule has 0 radical (unpaired) electrons. The molecular weight excluding hydrogens is 140 g/mol. The van der Waals surface area contributed by atoms with Crippen molar-refractivity contribution in [3.63, 3.8) is 0 Å². The summed E-state index contributed by atoms with van der Waals surface area (Å²) in [5.74, 6) is 0. The van der Waals surface area contributed by atoms with Crippen LogP contribution in [0.2, 0.25) is 0 Å². The lowest BCUT2D eigenvalue weighted by molar-refractivity contribution is 0.856. The van der Waals surface area contributed by atoms with E-state index in [0.29, 0.717) is 0 Å². The quantitative estimate of drug-likeness (QED) is 0.436. The smallest absolute Gasteiger partial charge is 0.0859 e. The monoisotopic (exact) mass is 146 g/mol. The first-order chi connectivity index (χ1) is 3.93. The van der Waals surface area contributed by atoms with Crippen molar-refractivity contribution in [2.45, 2.75) is 0 Å². The number of hydrogen-bond donors (Lipinski definition) is 0. The molecule has 0 atom stereocenters. The van der Waals surface area contributed by atoms with Crippen molar-refractivity contribution in [1.29, 1.82) is 0 Å². The predicted octanol–water partition coefficient (Wildman–Crippen LogP) is 1.73. The van der Waals surface area contributed by atoms with Crippen LogP contribution >= 0.6 is 24.1 Å². The van der Waals surface area contributed by atoms with Gasteiger partial charge in [0.05, 0.1) is 17.7 Å². The van der Waals surface area contributed by atoms with E-state index in [0.717, 1.165) is 6.54 Å². The lowest BCUT2D eigenvalue weighted by Gasteiger charge is -2.03. The Bertz CT molecular complexity index is 105. The Morgan fingerprint density at radius 1 is 1.88 bits per heavy atom. The van der Waals surface area contributed by atoms with E-state index in [2.05, 4.69) is 11.0 Å². The molecule has 8 heavy (non-hydrogen) atoms. The van der Waals surface area contributed by atoms with Crippen LogP contribution < -0.4 is 0 Å². The average Bonchev–Trinajstić information content (AvgIpc) is 2.19. The maximum Gasteiger partial charge on any atom is 0.0859 e. The molecular formula is C4H6N2S2. The molecule has 1 aliphatic heterocycles. The van der Waals surface area contributed by atoms with Gasteiger partial charge in [-0.3, -0.25) is 0 Å². The number of rotatable bonds is 2. The fourth-order valence-electron chi connectivity index (χ4n) is 0.345. The third-order valence-electron chi connectivity index (χ3n) is 0.624. The number of nitrogens with zero attached hydrogens (tertiary/aromatic N) is 2. The van der Waals surface area contributed by atoms with Crippen LogP contribution in [0.1, 0.15) is 0 Å². The van der Waals surface area contributed by atoms with Crippen molar-refractivity contribution in [3.05, 3.63) is 12.7 Å². The molecule has 0 saturated carbocycles. The van der Waals surface area contributed by atoms with Gasteiger partial charge in [-0.25, -0.2) is 0 Å². The van der Waals surface area contributed by atoms with Crippen LogP contribution in [0.5, 0.6) is 0 Å². The molecule has 0 aromatic rings. The normalized spacial score (nSPS) is 19.5. The van der Waals surface area contributed by atoms with Crippen molar-refractivity contribution < 1.29 is 0 Å². The zero-order chi connectivity index (χ0) is 5.82. The Balaban J connectivity index is 2.19. The SMILES string of the molecule is C=CCN1SC=NS1. The Labute approximate surface area is 57.4 Å². The van der Waals surface area contributed by atoms with Crippen LogP contribution in [0.4, 0.5) is 0 Å². The molecule has 1 heterocycles. The van der Waals surface area contributed by atoms with Crippen LogP contribution in [-0.4, -0.2) is 15.8 Å². The summed E-state index contributed by atoms with van der Waals surface area (Å²) in [4.78, 5) is 0. The average molecular weight is 146 g/mol. The summed E-state index contributed by atoms with van der Waals surface area (Å²) in [6, 6.07) is 0. The van der Waals surface area contributed by atoms with Gasteiger partial charge in [0.15, 0.2) is 0 Å². The van der Waals surface area contributed by atoms with Crippen molar-refractivity contribution in [2.24, 2.45) is 4.40 Å². The third kappa shape index (κ3) is 1.54. The molecule has 0 spiro atoms. The van der Waals surface area contributed by atoms with Crippen LogP contribution in [0.15, 0.2) is 17.1 Å². The maximum atomic E-state index is 3.92. The van der Waals surface area contributed by atoms with E-state index in [1.165, 1.54) is 12.1 Å². The minimum absolute atomic E-state index is 0.884. The van der Waals surface area contributed by atoms with Gasteiger partial charge in [-0.05, 0) is 11.9 Å². The standard InChI is InChI=1S/C4H6N2S2/c1-2-3-6-7-4-5-8-6/h2,4H,1,3H2. The Hall–Kier alpha value is 0.0700. The first-order valence-corrected chi connectivity index (χ1v) is 3.74. The van der Waals surface area contributed by atoms with E-state index in [1.54, 1.807) is 11.9 Å². The second kappa shape index (κ2) is 3.17. The van der Waals surface area contributed by atoms with Gasteiger partial charge in [-0.15, -0.1) is 6.58 Å². The highest BCUT2D eigenvalue weighted by atomic mass is 32.2. The summed E-state index contributed by atoms with van der Waals surface area (Å²) in [7, 11) is 0. The van der Waals surface area contributed by atoms with E-state index in [9.17, 15) is 0 Å². The van der Waals surface area contributed by atoms with Crippen LogP contribution in [0.3, 0.4) is 0 Å². The van der Waals surface area contributed by atoms with E-state index in [1.807, 2.05) is 15.3 Å². The van der Waals surface area contributed by atoms with Gasteiger partial charge in [0, 0.05) is 6.54 Å². The predicted molar refractivity (Wildman–Crippen MR) is 40.6 cm³/mol. The van der Waals surface area contributed by atoms with Gasteiger partial charge in [0.2, 0.25) is 0 Å². The fraction of sp³-hybridized carbons (Fsp3) is 0.250. The Morgan fingerprint density at radius 2 is 2.75 bits per heavy atom. The van der Waals surface area contributed by atoms with Crippen LogP contribution in [-0.2, 0) is 0 Å². The molecule has 4 heteroatoms. The van der Waals surface area contributed by atoms with Crippen molar-refractivity contribution >= 4 is 29.6 Å². The lowest BCUT2D eigenvalue weighted by atomic mass is 10.7. The van der Waals surface area contributed by atoms with E-state index < -0.39 is 0 Å². The summed E-state index contributed by atoms with van der Waals surface area (Å²) in [5, 5.41) is 0. The number of hydrogen-bond acceptors (Lipinski definition) is 4. The first kappa shape index (κ1) is 6.19. The molecule has 0 saturated heterocycles. The van der Waals surface area contributed by atoms with Gasteiger partial charge in [0.1, 0.15) is 0 Å². The topological polar surface area (TPSA) is 15.6 Å². The highest BCUT2D eigenvalue weighted by molar-refractivity contribution is 8.22. The van der Waals surface area contributed by atoms with E-state index >= 15 is 0 Å². The minimum atomic E-state index is 0.884. The molecule has 0 aromatic heterocycles. The summed E-state index contributed by atoms with van der Waals surface area (Å²) >= 11 is 3.06. The van der Waals surface area contributed by atoms with Crippen molar-refractivity contribution in [3.8, 4) is 0 Å². The Kier molecular flexibility index (Phi) is 2.45. The molecule has 2 nitrogen and oxygen atoms in total. The van der Waals surface area contributed by atoms with Crippen molar-refractivity contribution in [1.82, 2.24) is 3.71 Å². The third-order valence-corrected chi connectivity index (χ3v) is 2.33. The molecule has 0 unspecified atom stereocenters. The zero-order valence-electron chi connectivity index (χ0n) is 4.28.